The molecular weight excluding hydrogens is 220 g/mol. The van der Waals surface area contributed by atoms with Crippen LogP contribution in [-0.2, 0) is 0 Å². The molecule has 2 aromatic rings. The predicted molar refractivity (Wildman–Crippen MR) is 75.8 cm³/mol. The summed E-state index contributed by atoms with van der Waals surface area (Å²) < 4.78 is 0. The van der Waals surface area contributed by atoms with Gasteiger partial charge < -0.3 is 5.32 Å². The van der Waals surface area contributed by atoms with E-state index in [1.165, 1.54) is 29.2 Å². The lowest BCUT2D eigenvalue weighted by Gasteiger charge is -2.23. The van der Waals surface area contributed by atoms with E-state index in [4.69, 9.17) is 0 Å². The fraction of sp³-hybridized carbons (Fsp3) is 0.438. The first kappa shape index (κ1) is 11.7. The summed E-state index contributed by atoms with van der Waals surface area (Å²) in [5.41, 5.74) is 1.40. The first-order valence-corrected chi connectivity index (χ1v) is 6.84. The summed E-state index contributed by atoms with van der Waals surface area (Å²) >= 11 is 0. The zero-order chi connectivity index (χ0) is 12.5. The Labute approximate surface area is 108 Å². The second kappa shape index (κ2) is 4.69. The van der Waals surface area contributed by atoms with E-state index in [-0.39, 0.29) is 0 Å². The molecule has 1 fully saturated rings. The van der Waals surface area contributed by atoms with Gasteiger partial charge in [0.05, 0.1) is 0 Å². The molecule has 2 nitrogen and oxygen atoms in total. The molecule has 1 aliphatic carbocycles. The first-order valence-electron chi connectivity index (χ1n) is 6.84. The minimum absolute atomic E-state index is 0.512. The summed E-state index contributed by atoms with van der Waals surface area (Å²) in [5.74, 6) is 0.512. The molecule has 1 heterocycles. The standard InChI is InChI=1S/C16H20N2/c1-11(12(2)18-14-6-7-14)15-5-3-4-13-8-9-17-10-16(13)15/h3-5,8-12,14,18H,6-7H2,1-2H3. The molecule has 0 amide bonds. The van der Waals surface area contributed by atoms with Crippen molar-refractivity contribution in [3.8, 4) is 0 Å². The molecule has 1 aromatic heterocycles. The fourth-order valence-electron chi connectivity index (χ4n) is 2.57. The zero-order valence-electron chi connectivity index (χ0n) is 11.1. The topological polar surface area (TPSA) is 24.9 Å². The zero-order valence-corrected chi connectivity index (χ0v) is 11.1. The van der Waals surface area contributed by atoms with Crippen molar-refractivity contribution in [3.63, 3.8) is 0 Å². The molecule has 2 heteroatoms. The Morgan fingerprint density at radius 1 is 1.22 bits per heavy atom. The lowest BCUT2D eigenvalue weighted by molar-refractivity contribution is 0.480. The Balaban J connectivity index is 1.92. The van der Waals surface area contributed by atoms with E-state index in [0.717, 1.165) is 6.04 Å². The molecule has 0 aliphatic heterocycles. The third-order valence-electron chi connectivity index (χ3n) is 4.03. The molecule has 1 saturated carbocycles. The Hall–Kier alpha value is -1.41. The summed E-state index contributed by atoms with van der Waals surface area (Å²) in [6.07, 6.45) is 6.54. The number of pyridine rings is 1. The van der Waals surface area contributed by atoms with Crippen molar-refractivity contribution in [2.75, 3.05) is 0 Å². The van der Waals surface area contributed by atoms with Crippen molar-refractivity contribution in [1.82, 2.24) is 10.3 Å². The van der Waals surface area contributed by atoms with Crippen LogP contribution in [-0.4, -0.2) is 17.1 Å². The van der Waals surface area contributed by atoms with E-state index in [1.807, 2.05) is 12.4 Å². The first-order chi connectivity index (χ1) is 8.75. The second-order valence-electron chi connectivity index (χ2n) is 5.46. The number of aromatic nitrogens is 1. The van der Waals surface area contributed by atoms with Gasteiger partial charge in [-0.3, -0.25) is 4.98 Å². The van der Waals surface area contributed by atoms with Gasteiger partial charge in [0.25, 0.3) is 0 Å². The summed E-state index contributed by atoms with van der Waals surface area (Å²) in [6.45, 7) is 4.60. The normalized spacial score (nSPS) is 18.8. The quantitative estimate of drug-likeness (QED) is 0.885. The Morgan fingerprint density at radius 2 is 2.06 bits per heavy atom. The average Bonchev–Trinajstić information content (AvgIpc) is 3.21. The highest BCUT2D eigenvalue weighted by molar-refractivity contribution is 5.85. The van der Waals surface area contributed by atoms with E-state index in [9.17, 15) is 0 Å². The van der Waals surface area contributed by atoms with Crippen LogP contribution in [0, 0.1) is 0 Å². The third kappa shape index (κ3) is 2.25. The predicted octanol–water partition coefficient (Wildman–Crippen LogP) is 3.48. The van der Waals surface area contributed by atoms with Gasteiger partial charge in [-0.25, -0.2) is 0 Å². The van der Waals surface area contributed by atoms with Gasteiger partial charge in [0, 0.05) is 29.9 Å². The molecular formula is C16H20N2. The maximum atomic E-state index is 4.27. The van der Waals surface area contributed by atoms with Crippen LogP contribution in [0.5, 0.6) is 0 Å². The number of fused-ring (bicyclic) bond motifs is 1. The van der Waals surface area contributed by atoms with Crippen LogP contribution < -0.4 is 5.32 Å². The second-order valence-corrected chi connectivity index (χ2v) is 5.46. The van der Waals surface area contributed by atoms with Crippen LogP contribution >= 0.6 is 0 Å². The maximum absolute atomic E-state index is 4.27. The summed E-state index contributed by atoms with van der Waals surface area (Å²) in [5, 5.41) is 6.27. The summed E-state index contributed by atoms with van der Waals surface area (Å²) in [4.78, 5) is 4.27. The molecule has 1 N–H and O–H groups in total. The SMILES string of the molecule is CC(NC1CC1)C(C)c1cccc2ccncc12. The highest BCUT2D eigenvalue weighted by Gasteiger charge is 2.26. The lowest BCUT2D eigenvalue weighted by Crippen LogP contribution is -2.32. The smallest absolute Gasteiger partial charge is 0.0349 e. The Morgan fingerprint density at radius 3 is 2.83 bits per heavy atom. The van der Waals surface area contributed by atoms with Gasteiger partial charge in [-0.15, -0.1) is 0 Å². The van der Waals surface area contributed by atoms with Crippen LogP contribution in [0.2, 0.25) is 0 Å². The van der Waals surface area contributed by atoms with Gasteiger partial charge in [-0.2, -0.15) is 0 Å². The molecule has 1 aliphatic rings. The van der Waals surface area contributed by atoms with Crippen molar-refractivity contribution in [2.24, 2.45) is 0 Å². The van der Waals surface area contributed by atoms with Crippen molar-refractivity contribution >= 4 is 10.8 Å². The summed E-state index contributed by atoms with van der Waals surface area (Å²) in [6, 6.07) is 9.91. The van der Waals surface area contributed by atoms with E-state index in [2.05, 4.69) is 48.4 Å². The van der Waals surface area contributed by atoms with Crippen LogP contribution in [0.4, 0.5) is 0 Å². The van der Waals surface area contributed by atoms with Gasteiger partial charge in [0.1, 0.15) is 0 Å². The molecule has 2 atom stereocenters. The number of hydrogen-bond donors (Lipinski definition) is 1. The van der Waals surface area contributed by atoms with Gasteiger partial charge in [0.15, 0.2) is 0 Å². The Bertz CT molecular complexity index is 540. The van der Waals surface area contributed by atoms with Gasteiger partial charge in [0.2, 0.25) is 0 Å². The van der Waals surface area contributed by atoms with Crippen LogP contribution in [0.25, 0.3) is 10.8 Å². The van der Waals surface area contributed by atoms with Crippen LogP contribution in [0.3, 0.4) is 0 Å². The number of benzene rings is 1. The molecule has 1 aromatic carbocycles. The largest absolute Gasteiger partial charge is 0.311 e. The fourth-order valence-corrected chi connectivity index (χ4v) is 2.57. The minimum Gasteiger partial charge on any atom is -0.311 e. The van der Waals surface area contributed by atoms with E-state index in [1.54, 1.807) is 0 Å². The number of rotatable bonds is 4. The average molecular weight is 240 g/mol. The molecule has 0 spiro atoms. The van der Waals surface area contributed by atoms with Gasteiger partial charge in [-0.05, 0) is 42.7 Å². The van der Waals surface area contributed by atoms with Crippen molar-refractivity contribution in [3.05, 3.63) is 42.2 Å². The minimum atomic E-state index is 0.512. The molecule has 3 rings (SSSR count). The lowest BCUT2D eigenvalue weighted by atomic mass is 9.91. The van der Waals surface area contributed by atoms with Gasteiger partial charge in [-0.1, -0.05) is 25.1 Å². The molecule has 18 heavy (non-hydrogen) atoms. The van der Waals surface area contributed by atoms with Gasteiger partial charge >= 0.3 is 0 Å². The van der Waals surface area contributed by atoms with Crippen LogP contribution in [0.1, 0.15) is 38.2 Å². The molecule has 2 unspecified atom stereocenters. The molecule has 94 valence electrons. The highest BCUT2D eigenvalue weighted by atomic mass is 15.0. The number of nitrogens with zero attached hydrogens (tertiary/aromatic N) is 1. The molecule has 0 saturated heterocycles. The number of hydrogen-bond acceptors (Lipinski definition) is 2. The maximum Gasteiger partial charge on any atom is 0.0349 e. The van der Waals surface area contributed by atoms with Crippen molar-refractivity contribution in [1.29, 1.82) is 0 Å². The Kier molecular flexibility index (Phi) is 3.04. The van der Waals surface area contributed by atoms with E-state index < -0.39 is 0 Å². The third-order valence-corrected chi connectivity index (χ3v) is 4.03. The summed E-state index contributed by atoms with van der Waals surface area (Å²) in [7, 11) is 0. The monoisotopic (exact) mass is 240 g/mol. The number of nitrogens with one attached hydrogen (secondary N) is 1. The van der Waals surface area contributed by atoms with E-state index >= 15 is 0 Å². The van der Waals surface area contributed by atoms with Crippen molar-refractivity contribution in [2.45, 2.75) is 44.7 Å². The van der Waals surface area contributed by atoms with Crippen LogP contribution in [0.15, 0.2) is 36.7 Å². The highest BCUT2D eigenvalue weighted by Crippen LogP contribution is 2.29. The van der Waals surface area contributed by atoms with E-state index in [0.29, 0.717) is 12.0 Å². The molecule has 0 radical (unpaired) electrons. The molecule has 0 bridgehead atoms. The van der Waals surface area contributed by atoms with Crippen molar-refractivity contribution < 1.29 is 0 Å².